The molecule has 3 aliphatic rings. The van der Waals surface area contributed by atoms with Gasteiger partial charge in [-0.1, -0.05) is 146 Å². The van der Waals surface area contributed by atoms with Gasteiger partial charge in [-0.05, 0) is 173 Å². The van der Waals surface area contributed by atoms with Crippen molar-refractivity contribution in [3.05, 3.63) is 232 Å². The van der Waals surface area contributed by atoms with Gasteiger partial charge in [-0.15, -0.1) is 0 Å². The van der Waals surface area contributed by atoms with Crippen molar-refractivity contribution in [2.75, 3.05) is 4.90 Å². The molecule has 11 rings (SSSR count). The van der Waals surface area contributed by atoms with Crippen molar-refractivity contribution in [2.45, 2.75) is 63.7 Å². The average Bonchev–Trinajstić information content (AvgIpc) is 3.59. The molecule has 59 heavy (non-hydrogen) atoms. The first-order valence-corrected chi connectivity index (χ1v) is 21.8. The summed E-state index contributed by atoms with van der Waals surface area (Å²) < 4.78 is 0. The summed E-state index contributed by atoms with van der Waals surface area (Å²) in [5.74, 6) is 0. The second-order valence-corrected chi connectivity index (χ2v) is 17.0. The van der Waals surface area contributed by atoms with E-state index in [4.69, 9.17) is 0 Å². The molecule has 0 N–H and O–H groups in total. The Hall–Kier alpha value is -6.44. The van der Waals surface area contributed by atoms with Crippen LogP contribution in [0.15, 0.2) is 182 Å². The average molecular weight is 760 g/mol. The van der Waals surface area contributed by atoms with Crippen molar-refractivity contribution in [3.63, 3.8) is 0 Å². The minimum atomic E-state index is -0.509. The van der Waals surface area contributed by atoms with Crippen molar-refractivity contribution < 1.29 is 0 Å². The Labute approximate surface area is 349 Å². The molecule has 0 atom stereocenters. The number of nitrogens with zero attached hydrogens (tertiary/aromatic N) is 1. The van der Waals surface area contributed by atoms with E-state index in [1.165, 1.54) is 127 Å². The number of rotatable bonds is 7. The standard InChI is InChI=1S/C58H49N/c1-40-35-44-20-13-14-22-46(44)37-52(40)54-38-53-51-27-15-16-28-55(51)58(47-23-7-3-8-24-47,48-25-9-4-10-26-48)56(53)39-57(54)59(50-34-31-42-19-11-12-21-45(42)36-50)49-32-29-43(30-33-49)41-17-5-2-6-18-41/h2-10,15-18,23-39H,11-14,19-22H2,1H3. The Morgan fingerprint density at radius 3 is 1.59 bits per heavy atom. The first kappa shape index (κ1) is 35.7. The zero-order valence-corrected chi connectivity index (χ0v) is 33.9. The van der Waals surface area contributed by atoms with Crippen LogP contribution in [-0.2, 0) is 31.1 Å². The van der Waals surface area contributed by atoms with Crippen LogP contribution in [0.5, 0.6) is 0 Å². The van der Waals surface area contributed by atoms with Crippen molar-refractivity contribution in [1.82, 2.24) is 0 Å². The summed E-state index contributed by atoms with van der Waals surface area (Å²) >= 11 is 0. The maximum Gasteiger partial charge on any atom is 0.0714 e. The van der Waals surface area contributed by atoms with Gasteiger partial charge in [0.05, 0.1) is 11.1 Å². The van der Waals surface area contributed by atoms with Crippen LogP contribution in [-0.4, -0.2) is 0 Å². The largest absolute Gasteiger partial charge is 0.310 e. The molecule has 8 aromatic carbocycles. The van der Waals surface area contributed by atoms with Crippen molar-refractivity contribution in [3.8, 4) is 33.4 Å². The van der Waals surface area contributed by atoms with E-state index in [1.54, 1.807) is 0 Å². The number of hydrogen-bond donors (Lipinski definition) is 0. The number of anilines is 3. The van der Waals surface area contributed by atoms with E-state index in [2.05, 4.69) is 194 Å². The second kappa shape index (κ2) is 14.7. The fraction of sp³-hybridized carbons (Fsp3) is 0.172. The molecule has 0 aliphatic heterocycles. The van der Waals surface area contributed by atoms with E-state index < -0.39 is 5.41 Å². The van der Waals surface area contributed by atoms with Crippen LogP contribution in [0.25, 0.3) is 33.4 Å². The fourth-order valence-corrected chi connectivity index (χ4v) is 10.8. The van der Waals surface area contributed by atoms with Gasteiger partial charge in [0, 0.05) is 16.9 Å². The second-order valence-electron chi connectivity index (χ2n) is 17.0. The number of fused-ring (bicyclic) bond motifs is 5. The van der Waals surface area contributed by atoms with E-state index in [9.17, 15) is 0 Å². The lowest BCUT2D eigenvalue weighted by Crippen LogP contribution is -2.28. The predicted molar refractivity (Wildman–Crippen MR) is 247 cm³/mol. The molecule has 1 nitrogen and oxygen atoms in total. The highest BCUT2D eigenvalue weighted by atomic mass is 15.1. The summed E-state index contributed by atoms with van der Waals surface area (Å²) in [7, 11) is 0. The Kier molecular flexibility index (Phi) is 8.92. The first-order chi connectivity index (χ1) is 29.2. The molecule has 286 valence electrons. The number of aryl methyl sites for hydroxylation is 5. The molecular weight excluding hydrogens is 711 g/mol. The highest BCUT2D eigenvalue weighted by Crippen LogP contribution is 2.59. The van der Waals surface area contributed by atoms with Crippen molar-refractivity contribution in [1.29, 1.82) is 0 Å². The molecular formula is C58H49N. The summed E-state index contributed by atoms with van der Waals surface area (Å²) in [4.78, 5) is 2.59. The summed E-state index contributed by atoms with van der Waals surface area (Å²) in [5.41, 5.74) is 23.4. The third kappa shape index (κ3) is 5.98. The Bertz CT molecular complexity index is 2780. The molecule has 0 bridgehead atoms. The number of benzene rings is 8. The minimum absolute atomic E-state index is 0.509. The third-order valence-corrected chi connectivity index (χ3v) is 13.6. The number of hydrogen-bond acceptors (Lipinski definition) is 1. The third-order valence-electron chi connectivity index (χ3n) is 13.6. The Morgan fingerprint density at radius 1 is 0.373 bits per heavy atom. The van der Waals surface area contributed by atoms with E-state index in [-0.39, 0.29) is 0 Å². The van der Waals surface area contributed by atoms with Gasteiger partial charge in [-0.3, -0.25) is 0 Å². The zero-order chi connectivity index (χ0) is 39.3. The van der Waals surface area contributed by atoms with Crippen LogP contribution < -0.4 is 4.90 Å². The highest BCUT2D eigenvalue weighted by molar-refractivity contribution is 5.97. The molecule has 0 heterocycles. The molecule has 0 aromatic heterocycles. The zero-order valence-electron chi connectivity index (χ0n) is 33.9. The molecule has 0 spiro atoms. The smallest absolute Gasteiger partial charge is 0.0714 e. The Morgan fingerprint density at radius 2 is 0.915 bits per heavy atom. The molecule has 0 saturated carbocycles. The van der Waals surface area contributed by atoms with Gasteiger partial charge in [0.2, 0.25) is 0 Å². The van der Waals surface area contributed by atoms with E-state index in [0.717, 1.165) is 24.9 Å². The molecule has 0 radical (unpaired) electrons. The van der Waals surface area contributed by atoms with Gasteiger partial charge in [-0.2, -0.15) is 0 Å². The highest BCUT2D eigenvalue weighted by Gasteiger charge is 2.47. The molecule has 0 unspecified atom stereocenters. The molecule has 8 aromatic rings. The maximum atomic E-state index is 2.59. The fourth-order valence-electron chi connectivity index (χ4n) is 10.8. The molecule has 0 fully saturated rings. The van der Waals surface area contributed by atoms with Gasteiger partial charge in [0.15, 0.2) is 0 Å². The van der Waals surface area contributed by atoms with Gasteiger partial charge in [0.1, 0.15) is 0 Å². The van der Waals surface area contributed by atoms with Crippen LogP contribution >= 0.6 is 0 Å². The van der Waals surface area contributed by atoms with Crippen molar-refractivity contribution in [2.24, 2.45) is 0 Å². The summed E-state index contributed by atoms with van der Waals surface area (Å²) in [6.07, 6.45) is 9.66. The molecule has 3 aliphatic carbocycles. The molecule has 1 heteroatoms. The van der Waals surface area contributed by atoms with Gasteiger partial charge in [0.25, 0.3) is 0 Å². The van der Waals surface area contributed by atoms with Gasteiger partial charge >= 0.3 is 0 Å². The summed E-state index contributed by atoms with van der Waals surface area (Å²) in [5, 5.41) is 0. The predicted octanol–water partition coefficient (Wildman–Crippen LogP) is 14.9. The lowest BCUT2D eigenvalue weighted by molar-refractivity contribution is 0.685. The van der Waals surface area contributed by atoms with Gasteiger partial charge < -0.3 is 4.90 Å². The van der Waals surface area contributed by atoms with Gasteiger partial charge in [-0.25, -0.2) is 0 Å². The minimum Gasteiger partial charge on any atom is -0.310 e. The van der Waals surface area contributed by atoms with Crippen LogP contribution in [0.1, 0.15) is 75.8 Å². The molecule has 0 amide bonds. The lowest BCUT2D eigenvalue weighted by atomic mass is 9.67. The van der Waals surface area contributed by atoms with E-state index in [1.807, 2.05) is 0 Å². The van der Waals surface area contributed by atoms with Crippen LogP contribution in [0.3, 0.4) is 0 Å². The topological polar surface area (TPSA) is 3.24 Å². The summed E-state index contributed by atoms with van der Waals surface area (Å²) in [6.45, 7) is 2.34. The van der Waals surface area contributed by atoms with Crippen LogP contribution in [0, 0.1) is 6.92 Å². The van der Waals surface area contributed by atoms with E-state index >= 15 is 0 Å². The lowest BCUT2D eigenvalue weighted by Gasteiger charge is -2.36. The maximum absolute atomic E-state index is 2.59. The SMILES string of the molecule is Cc1cc2c(cc1-c1cc3c(cc1N(c1ccc(-c4ccccc4)cc1)c1ccc4c(c1)CCCC4)C(c1ccccc1)(c1ccccc1)c1ccccc1-3)CCCC2. The molecule has 0 saturated heterocycles. The summed E-state index contributed by atoms with van der Waals surface area (Å²) in [6, 6.07) is 69.3. The quantitative estimate of drug-likeness (QED) is 0.156. The van der Waals surface area contributed by atoms with Crippen LogP contribution in [0.2, 0.25) is 0 Å². The Balaban J connectivity index is 1.24. The van der Waals surface area contributed by atoms with Crippen molar-refractivity contribution >= 4 is 17.1 Å². The monoisotopic (exact) mass is 759 g/mol. The van der Waals surface area contributed by atoms with E-state index in [0.29, 0.717) is 0 Å². The normalized spacial score (nSPS) is 14.8. The first-order valence-electron chi connectivity index (χ1n) is 21.8. The van der Waals surface area contributed by atoms with Crippen LogP contribution in [0.4, 0.5) is 17.1 Å².